The maximum atomic E-state index is 13.3. The van der Waals surface area contributed by atoms with Gasteiger partial charge in [0.1, 0.15) is 6.04 Å². The second-order valence-electron chi connectivity index (χ2n) is 9.45. The molecule has 0 unspecified atom stereocenters. The molecule has 3 aromatic carbocycles. The average molecular weight is 451 g/mol. The molecule has 1 N–H and O–H groups in total. The van der Waals surface area contributed by atoms with Gasteiger partial charge in [0.25, 0.3) is 0 Å². The van der Waals surface area contributed by atoms with Gasteiger partial charge in [0.05, 0.1) is 4.90 Å². The number of nitrogens with zero attached hydrogens (tertiary/aromatic N) is 1. The van der Waals surface area contributed by atoms with Crippen LogP contribution < -0.4 is 5.32 Å². The number of benzene rings is 3. The van der Waals surface area contributed by atoms with Crippen molar-refractivity contribution in [3.63, 3.8) is 0 Å². The summed E-state index contributed by atoms with van der Waals surface area (Å²) in [6, 6.07) is 20.3. The van der Waals surface area contributed by atoms with Crippen LogP contribution in [0.25, 0.3) is 10.8 Å². The van der Waals surface area contributed by atoms with Crippen LogP contribution in [0.4, 0.5) is 0 Å². The van der Waals surface area contributed by atoms with Crippen LogP contribution in [0.3, 0.4) is 0 Å². The summed E-state index contributed by atoms with van der Waals surface area (Å²) in [6.45, 7) is 7.22. The van der Waals surface area contributed by atoms with Crippen LogP contribution >= 0.6 is 0 Å². The first kappa shape index (κ1) is 22.5. The summed E-state index contributed by atoms with van der Waals surface area (Å²) in [7, 11) is -3.76. The van der Waals surface area contributed by atoms with Crippen LogP contribution in [0, 0.1) is 0 Å². The normalized spacial score (nSPS) is 17.5. The fourth-order valence-corrected chi connectivity index (χ4v) is 5.88. The van der Waals surface area contributed by atoms with Crippen LogP contribution in [-0.4, -0.2) is 31.2 Å². The van der Waals surface area contributed by atoms with E-state index in [1.165, 1.54) is 9.87 Å². The largest absolute Gasteiger partial charge is 0.351 e. The number of rotatable bonds is 5. The minimum Gasteiger partial charge on any atom is -0.351 e. The molecule has 1 saturated heterocycles. The number of hydrogen-bond donors (Lipinski definition) is 1. The van der Waals surface area contributed by atoms with Crippen LogP contribution in [0.15, 0.2) is 71.6 Å². The number of carbonyl (C=O) groups excluding carboxylic acids is 1. The number of nitrogens with one attached hydrogen (secondary N) is 1. The molecule has 0 aliphatic carbocycles. The zero-order valence-corrected chi connectivity index (χ0v) is 19.7. The van der Waals surface area contributed by atoms with E-state index in [0.717, 1.165) is 16.3 Å². The van der Waals surface area contributed by atoms with Gasteiger partial charge in [0.2, 0.25) is 15.9 Å². The van der Waals surface area contributed by atoms with E-state index in [0.29, 0.717) is 25.9 Å². The van der Waals surface area contributed by atoms with Crippen LogP contribution in [0.1, 0.15) is 44.7 Å². The van der Waals surface area contributed by atoms with Crippen molar-refractivity contribution in [1.82, 2.24) is 9.62 Å². The quantitative estimate of drug-likeness (QED) is 0.617. The molecule has 0 radical (unpaired) electrons. The molecule has 4 rings (SSSR count). The highest BCUT2D eigenvalue weighted by atomic mass is 32.2. The predicted octanol–water partition coefficient (Wildman–Crippen LogP) is 4.61. The van der Waals surface area contributed by atoms with E-state index in [2.05, 4.69) is 38.2 Å². The molecule has 0 saturated carbocycles. The third-order valence-electron chi connectivity index (χ3n) is 6.12. The van der Waals surface area contributed by atoms with Crippen LogP contribution in [-0.2, 0) is 26.8 Å². The molecule has 1 fully saturated rings. The maximum Gasteiger partial charge on any atom is 0.243 e. The molecule has 1 atom stereocenters. The first-order valence-electron chi connectivity index (χ1n) is 11.0. The van der Waals surface area contributed by atoms with Gasteiger partial charge in [0.15, 0.2) is 0 Å². The second-order valence-corrected chi connectivity index (χ2v) is 11.3. The smallest absolute Gasteiger partial charge is 0.243 e. The van der Waals surface area contributed by atoms with E-state index >= 15 is 0 Å². The second kappa shape index (κ2) is 8.68. The maximum absolute atomic E-state index is 13.3. The van der Waals surface area contributed by atoms with Gasteiger partial charge in [-0.25, -0.2) is 8.42 Å². The van der Waals surface area contributed by atoms with Crippen molar-refractivity contribution in [2.45, 2.75) is 56.5 Å². The minimum atomic E-state index is -3.76. The molecule has 0 bridgehead atoms. The van der Waals surface area contributed by atoms with Crippen molar-refractivity contribution in [3.8, 4) is 0 Å². The fraction of sp³-hybridized carbons (Fsp3) is 0.346. The number of amides is 1. The average Bonchev–Trinajstić information content (AvgIpc) is 3.28. The summed E-state index contributed by atoms with van der Waals surface area (Å²) in [5.41, 5.74) is 2.30. The van der Waals surface area contributed by atoms with Crippen molar-refractivity contribution in [2.75, 3.05) is 6.54 Å². The summed E-state index contributed by atoms with van der Waals surface area (Å²) < 4.78 is 28.0. The standard InChI is InChI=1S/C26H30N2O3S/c1-26(2,3)22-13-10-19(11-14-22)18-27-25(29)24-9-6-16-28(24)32(30,31)23-15-12-20-7-4-5-8-21(20)17-23/h4-5,7-8,10-15,17,24H,6,9,16,18H2,1-3H3,(H,27,29)/t24-/m1/s1. The molecular weight excluding hydrogens is 420 g/mol. The Morgan fingerprint density at radius 3 is 2.38 bits per heavy atom. The number of fused-ring (bicyclic) bond motifs is 1. The Balaban J connectivity index is 1.47. The van der Waals surface area contributed by atoms with Gasteiger partial charge in [-0.3, -0.25) is 4.79 Å². The Bertz CT molecular complexity index is 1230. The van der Waals surface area contributed by atoms with E-state index in [-0.39, 0.29) is 16.2 Å². The van der Waals surface area contributed by atoms with E-state index in [4.69, 9.17) is 0 Å². The van der Waals surface area contributed by atoms with E-state index < -0.39 is 16.1 Å². The first-order chi connectivity index (χ1) is 15.2. The number of sulfonamides is 1. The molecule has 1 aliphatic heterocycles. The Labute approximate surface area is 190 Å². The minimum absolute atomic E-state index is 0.0727. The van der Waals surface area contributed by atoms with Crippen LogP contribution in [0.2, 0.25) is 0 Å². The van der Waals surface area contributed by atoms with Crippen molar-refractivity contribution >= 4 is 26.7 Å². The number of hydrogen-bond acceptors (Lipinski definition) is 3. The zero-order valence-electron chi connectivity index (χ0n) is 18.8. The third-order valence-corrected chi connectivity index (χ3v) is 8.02. The van der Waals surface area contributed by atoms with Gasteiger partial charge in [-0.15, -0.1) is 0 Å². The lowest BCUT2D eigenvalue weighted by Crippen LogP contribution is -2.45. The van der Waals surface area contributed by atoms with Crippen molar-refractivity contribution in [2.24, 2.45) is 0 Å². The monoisotopic (exact) mass is 450 g/mol. The molecule has 6 heteroatoms. The summed E-state index contributed by atoms with van der Waals surface area (Å²) in [5.74, 6) is -0.244. The van der Waals surface area contributed by atoms with Crippen molar-refractivity contribution in [3.05, 3.63) is 77.9 Å². The third kappa shape index (κ3) is 4.57. The Hall–Kier alpha value is -2.70. The predicted molar refractivity (Wildman–Crippen MR) is 128 cm³/mol. The van der Waals surface area contributed by atoms with Gasteiger partial charge in [-0.2, -0.15) is 4.31 Å². The van der Waals surface area contributed by atoms with Gasteiger partial charge < -0.3 is 5.32 Å². The molecule has 0 aromatic heterocycles. The van der Waals surface area contributed by atoms with Gasteiger partial charge in [-0.05, 0) is 52.3 Å². The highest BCUT2D eigenvalue weighted by Crippen LogP contribution is 2.28. The summed E-state index contributed by atoms with van der Waals surface area (Å²) in [4.78, 5) is 13.2. The Kier molecular flexibility index (Phi) is 6.10. The lowest BCUT2D eigenvalue weighted by molar-refractivity contribution is -0.124. The fourth-order valence-electron chi connectivity index (χ4n) is 4.18. The Morgan fingerprint density at radius 2 is 1.69 bits per heavy atom. The van der Waals surface area contributed by atoms with Crippen molar-refractivity contribution in [1.29, 1.82) is 0 Å². The molecule has 5 nitrogen and oxygen atoms in total. The lowest BCUT2D eigenvalue weighted by atomic mass is 9.87. The first-order valence-corrected chi connectivity index (χ1v) is 12.5. The van der Waals surface area contributed by atoms with Gasteiger partial charge in [-0.1, -0.05) is 75.4 Å². The molecule has 3 aromatic rings. The van der Waals surface area contributed by atoms with E-state index in [1.807, 2.05) is 42.5 Å². The van der Waals surface area contributed by atoms with Gasteiger partial charge >= 0.3 is 0 Å². The van der Waals surface area contributed by atoms with Crippen molar-refractivity contribution < 1.29 is 13.2 Å². The molecule has 1 amide bonds. The summed E-state index contributed by atoms with van der Waals surface area (Å²) in [6.07, 6.45) is 1.20. The van der Waals surface area contributed by atoms with Gasteiger partial charge in [0, 0.05) is 13.1 Å². The lowest BCUT2D eigenvalue weighted by Gasteiger charge is -2.24. The van der Waals surface area contributed by atoms with E-state index in [9.17, 15) is 13.2 Å². The Morgan fingerprint density at radius 1 is 1.00 bits per heavy atom. The van der Waals surface area contributed by atoms with Crippen LogP contribution in [0.5, 0.6) is 0 Å². The molecule has 0 spiro atoms. The molecule has 1 aliphatic rings. The SMILES string of the molecule is CC(C)(C)c1ccc(CNC(=O)[C@H]2CCCN2S(=O)(=O)c2ccc3ccccc3c2)cc1. The molecular formula is C26H30N2O3S. The summed E-state index contributed by atoms with van der Waals surface area (Å²) >= 11 is 0. The molecule has 32 heavy (non-hydrogen) atoms. The highest BCUT2D eigenvalue weighted by Gasteiger charge is 2.39. The topological polar surface area (TPSA) is 66.5 Å². The summed E-state index contributed by atoms with van der Waals surface area (Å²) in [5, 5.41) is 4.79. The van der Waals surface area contributed by atoms with E-state index in [1.54, 1.807) is 12.1 Å². The zero-order chi connectivity index (χ0) is 22.9. The number of carbonyl (C=O) groups is 1. The molecule has 1 heterocycles. The molecule has 168 valence electrons. The highest BCUT2D eigenvalue weighted by molar-refractivity contribution is 7.89.